The van der Waals surface area contributed by atoms with Gasteiger partial charge in [-0.25, -0.2) is 4.79 Å². The van der Waals surface area contributed by atoms with E-state index in [0.29, 0.717) is 10.9 Å². The molecule has 1 aromatic carbocycles. The summed E-state index contributed by atoms with van der Waals surface area (Å²) in [7, 11) is 0. The van der Waals surface area contributed by atoms with Crippen molar-refractivity contribution >= 4 is 23.4 Å². The fourth-order valence-corrected chi connectivity index (χ4v) is 4.36. The molecule has 6 nitrogen and oxygen atoms in total. The van der Waals surface area contributed by atoms with Gasteiger partial charge in [0.2, 0.25) is 5.91 Å². The van der Waals surface area contributed by atoms with Gasteiger partial charge in [0.15, 0.2) is 0 Å². The van der Waals surface area contributed by atoms with Crippen LogP contribution in [0, 0.1) is 0 Å². The summed E-state index contributed by atoms with van der Waals surface area (Å²) in [4.78, 5) is 28.9. The maximum Gasteiger partial charge on any atom is 0.348 e. The fraction of sp³-hybridized carbons (Fsp3) is 0.476. The van der Waals surface area contributed by atoms with Crippen LogP contribution in [0.15, 0.2) is 34.1 Å². The molecule has 1 aliphatic rings. The first-order chi connectivity index (χ1) is 13.5. The molecule has 28 heavy (non-hydrogen) atoms. The normalized spacial score (nSPS) is 13.4. The lowest BCUT2D eigenvalue weighted by Crippen LogP contribution is -2.31. The summed E-state index contributed by atoms with van der Waals surface area (Å²) in [6.07, 6.45) is 3.75. The number of thioether (sulfide) groups is 1. The molecule has 0 saturated heterocycles. The van der Waals surface area contributed by atoms with E-state index in [4.69, 9.17) is 0 Å². The molecule has 2 N–H and O–H groups in total. The van der Waals surface area contributed by atoms with Crippen LogP contribution < -0.4 is 11.0 Å². The second-order valence-electron chi connectivity index (χ2n) is 7.32. The Morgan fingerprint density at radius 1 is 1.25 bits per heavy atom. The van der Waals surface area contributed by atoms with Gasteiger partial charge in [-0.05, 0) is 49.3 Å². The number of hydrogen-bond acceptors (Lipinski definition) is 5. The summed E-state index contributed by atoms with van der Waals surface area (Å²) < 4.78 is 1.58. The number of nitrogens with one attached hydrogen (secondary N) is 1. The number of nitrogens with zero attached hydrogens (tertiary/aromatic N) is 2. The Morgan fingerprint density at radius 2 is 1.96 bits per heavy atom. The lowest BCUT2D eigenvalue weighted by molar-refractivity contribution is -0.113. The number of benzene rings is 1. The Morgan fingerprint density at radius 3 is 2.64 bits per heavy atom. The fourth-order valence-electron chi connectivity index (χ4n) is 3.48. The monoisotopic (exact) mass is 401 g/mol. The first-order valence-electron chi connectivity index (χ1n) is 9.75. The topological polar surface area (TPSA) is 84.2 Å². The highest BCUT2D eigenvalue weighted by Gasteiger charge is 2.20. The number of aliphatic hydroxyl groups excluding tert-OH is 1. The van der Waals surface area contributed by atoms with Crippen LogP contribution in [0.25, 0.3) is 0 Å². The Hall–Kier alpha value is -2.12. The van der Waals surface area contributed by atoms with Gasteiger partial charge in [0.05, 0.1) is 18.9 Å². The van der Waals surface area contributed by atoms with Crippen LogP contribution in [-0.4, -0.2) is 32.9 Å². The first-order valence-corrected chi connectivity index (χ1v) is 10.7. The third-order valence-corrected chi connectivity index (χ3v) is 5.99. The molecule has 3 rings (SSSR count). The molecular formula is C21H27N3O3S. The van der Waals surface area contributed by atoms with Crippen LogP contribution in [-0.2, 0) is 24.2 Å². The van der Waals surface area contributed by atoms with E-state index >= 15 is 0 Å². The highest BCUT2D eigenvalue weighted by atomic mass is 32.2. The highest BCUT2D eigenvalue weighted by Crippen LogP contribution is 2.28. The van der Waals surface area contributed by atoms with Crippen molar-refractivity contribution < 1.29 is 9.90 Å². The molecule has 2 aromatic rings. The summed E-state index contributed by atoms with van der Waals surface area (Å²) in [5.74, 6) is 0.535. The van der Waals surface area contributed by atoms with E-state index in [-0.39, 0.29) is 30.5 Å². The number of carbonyl (C=O) groups excluding carboxylic acids is 1. The number of fused-ring (bicyclic) bond motifs is 1. The van der Waals surface area contributed by atoms with Gasteiger partial charge in [-0.15, -0.1) is 0 Å². The van der Waals surface area contributed by atoms with Gasteiger partial charge in [-0.3, -0.25) is 9.36 Å². The number of carbonyl (C=O) groups is 1. The number of anilines is 1. The van der Waals surface area contributed by atoms with Gasteiger partial charge in [-0.2, -0.15) is 4.98 Å². The number of rotatable bonds is 7. The zero-order valence-corrected chi connectivity index (χ0v) is 17.2. The molecular weight excluding hydrogens is 374 g/mol. The quantitative estimate of drug-likeness (QED) is 0.550. The zero-order valence-electron chi connectivity index (χ0n) is 16.4. The molecule has 1 aromatic heterocycles. The zero-order chi connectivity index (χ0) is 20.1. The second kappa shape index (κ2) is 9.39. The molecule has 0 atom stereocenters. The molecule has 0 unspecified atom stereocenters. The van der Waals surface area contributed by atoms with E-state index < -0.39 is 0 Å². The Labute approximate surface area is 169 Å². The third kappa shape index (κ3) is 4.83. The van der Waals surface area contributed by atoms with Crippen molar-refractivity contribution in [1.29, 1.82) is 0 Å². The van der Waals surface area contributed by atoms with E-state index in [1.807, 2.05) is 24.3 Å². The van der Waals surface area contributed by atoms with Crippen LogP contribution in [0.4, 0.5) is 5.69 Å². The van der Waals surface area contributed by atoms with Crippen molar-refractivity contribution in [1.82, 2.24) is 9.55 Å². The molecule has 150 valence electrons. The minimum absolute atomic E-state index is 0.0848. The molecule has 1 aliphatic carbocycles. The first kappa shape index (κ1) is 20.6. The van der Waals surface area contributed by atoms with Crippen molar-refractivity contribution in [3.8, 4) is 0 Å². The average Bonchev–Trinajstić information content (AvgIpc) is 2.69. The van der Waals surface area contributed by atoms with E-state index in [1.54, 1.807) is 4.57 Å². The molecule has 0 aliphatic heterocycles. The molecule has 0 bridgehead atoms. The number of aromatic nitrogens is 2. The number of aliphatic hydroxyl groups is 1. The number of amides is 1. The summed E-state index contributed by atoms with van der Waals surface area (Å²) in [6, 6.07) is 7.86. The van der Waals surface area contributed by atoms with Crippen molar-refractivity contribution in [3.05, 3.63) is 51.6 Å². The SMILES string of the molecule is CC(C)c1ccc(NC(=O)CSc2nc(=O)n(CCO)c3c2CCCC3)cc1. The maximum absolute atomic E-state index is 12.4. The van der Waals surface area contributed by atoms with Crippen molar-refractivity contribution in [2.45, 2.75) is 57.0 Å². The molecule has 0 radical (unpaired) electrons. The van der Waals surface area contributed by atoms with Crippen LogP contribution in [0.5, 0.6) is 0 Å². The molecule has 0 fully saturated rings. The Bertz CT molecular complexity index is 891. The van der Waals surface area contributed by atoms with Gasteiger partial charge in [0.1, 0.15) is 5.03 Å². The van der Waals surface area contributed by atoms with E-state index in [9.17, 15) is 14.7 Å². The van der Waals surface area contributed by atoms with Crippen LogP contribution in [0.2, 0.25) is 0 Å². The highest BCUT2D eigenvalue weighted by molar-refractivity contribution is 8.00. The third-order valence-electron chi connectivity index (χ3n) is 4.98. The predicted octanol–water partition coefficient (Wildman–Crippen LogP) is 2.97. The minimum Gasteiger partial charge on any atom is -0.395 e. The minimum atomic E-state index is -0.345. The van der Waals surface area contributed by atoms with Crippen LogP contribution >= 0.6 is 11.8 Å². The molecule has 1 heterocycles. The summed E-state index contributed by atoms with van der Waals surface area (Å²) >= 11 is 1.31. The summed E-state index contributed by atoms with van der Waals surface area (Å²) in [6.45, 7) is 4.45. The second-order valence-corrected chi connectivity index (χ2v) is 8.28. The van der Waals surface area contributed by atoms with Crippen molar-refractivity contribution in [2.24, 2.45) is 0 Å². The van der Waals surface area contributed by atoms with Crippen LogP contribution in [0.3, 0.4) is 0 Å². The smallest absolute Gasteiger partial charge is 0.348 e. The van der Waals surface area contributed by atoms with Gasteiger partial charge in [-0.1, -0.05) is 37.7 Å². The number of hydrogen-bond donors (Lipinski definition) is 2. The molecule has 1 amide bonds. The van der Waals surface area contributed by atoms with Crippen molar-refractivity contribution in [2.75, 3.05) is 17.7 Å². The Balaban J connectivity index is 1.69. The standard InChI is InChI=1S/C21H27N3O3S/c1-14(2)15-7-9-16(10-8-15)22-19(26)13-28-20-17-5-3-4-6-18(17)24(11-12-25)21(27)23-20/h7-10,14,25H,3-6,11-13H2,1-2H3,(H,22,26). The lowest BCUT2D eigenvalue weighted by atomic mass is 9.97. The summed E-state index contributed by atoms with van der Waals surface area (Å²) in [5.41, 5.74) is 3.67. The molecule has 7 heteroatoms. The average molecular weight is 402 g/mol. The lowest BCUT2D eigenvalue weighted by Gasteiger charge is -2.22. The largest absolute Gasteiger partial charge is 0.395 e. The molecule has 0 saturated carbocycles. The predicted molar refractivity (Wildman–Crippen MR) is 112 cm³/mol. The summed E-state index contributed by atoms with van der Waals surface area (Å²) in [5, 5.41) is 12.8. The van der Waals surface area contributed by atoms with E-state index in [2.05, 4.69) is 24.1 Å². The van der Waals surface area contributed by atoms with Gasteiger partial charge in [0.25, 0.3) is 0 Å². The molecule has 0 spiro atoms. The maximum atomic E-state index is 12.4. The van der Waals surface area contributed by atoms with E-state index in [1.165, 1.54) is 17.3 Å². The Kier molecular flexibility index (Phi) is 6.91. The van der Waals surface area contributed by atoms with Crippen molar-refractivity contribution in [3.63, 3.8) is 0 Å². The van der Waals surface area contributed by atoms with Gasteiger partial charge in [0, 0.05) is 16.9 Å². The van der Waals surface area contributed by atoms with E-state index in [0.717, 1.165) is 42.6 Å². The van der Waals surface area contributed by atoms with Gasteiger partial charge >= 0.3 is 5.69 Å². The van der Waals surface area contributed by atoms with Gasteiger partial charge < -0.3 is 10.4 Å². The van der Waals surface area contributed by atoms with Crippen LogP contribution in [0.1, 0.15) is 49.4 Å².